The second kappa shape index (κ2) is 6.73. The summed E-state index contributed by atoms with van der Waals surface area (Å²) in [7, 11) is 0. The highest BCUT2D eigenvalue weighted by Crippen LogP contribution is 2.40. The van der Waals surface area contributed by atoms with Crippen molar-refractivity contribution in [1.82, 2.24) is 4.98 Å². The van der Waals surface area contributed by atoms with Gasteiger partial charge in [-0.2, -0.15) is 0 Å². The molecule has 1 aliphatic carbocycles. The SMILES string of the molecule is O=C(OCCOc1ccnc2ccccc12)C1Cc2c(Cl)cccc21. The van der Waals surface area contributed by atoms with Crippen LogP contribution in [-0.2, 0) is 16.0 Å². The summed E-state index contributed by atoms with van der Waals surface area (Å²) in [5, 5.41) is 1.66. The fourth-order valence-electron chi connectivity index (χ4n) is 3.10. The molecule has 0 bridgehead atoms. The Morgan fingerprint density at radius 1 is 1.12 bits per heavy atom. The number of para-hydroxylation sites is 1. The van der Waals surface area contributed by atoms with Crippen LogP contribution in [-0.4, -0.2) is 24.2 Å². The molecule has 0 aliphatic heterocycles. The standard InChI is InChI=1S/C20H16ClNO3/c21-17-6-3-5-13-15(17)12-16(13)20(23)25-11-10-24-19-8-9-22-18-7-2-1-4-14(18)19/h1-9,16H,10-12H2. The predicted octanol–water partition coefficient (Wildman–Crippen LogP) is 4.15. The number of esters is 1. The summed E-state index contributed by atoms with van der Waals surface area (Å²) in [5.74, 6) is 0.302. The molecule has 0 saturated heterocycles. The van der Waals surface area contributed by atoms with Gasteiger partial charge < -0.3 is 9.47 Å². The van der Waals surface area contributed by atoms with Gasteiger partial charge in [-0.15, -0.1) is 0 Å². The van der Waals surface area contributed by atoms with Gasteiger partial charge in [0.25, 0.3) is 0 Å². The number of nitrogens with zero attached hydrogens (tertiary/aromatic N) is 1. The number of fused-ring (bicyclic) bond motifs is 2. The molecule has 1 unspecified atom stereocenters. The molecular weight excluding hydrogens is 338 g/mol. The molecular formula is C20H16ClNO3. The Labute approximate surface area is 150 Å². The first kappa shape index (κ1) is 15.9. The maximum atomic E-state index is 12.2. The molecule has 1 heterocycles. The molecule has 0 N–H and O–H groups in total. The Morgan fingerprint density at radius 3 is 2.92 bits per heavy atom. The molecule has 4 rings (SSSR count). The highest BCUT2D eigenvalue weighted by Gasteiger charge is 2.34. The lowest BCUT2D eigenvalue weighted by molar-refractivity contribution is -0.146. The van der Waals surface area contributed by atoms with E-state index in [2.05, 4.69) is 4.98 Å². The quantitative estimate of drug-likeness (QED) is 0.510. The van der Waals surface area contributed by atoms with E-state index in [9.17, 15) is 4.79 Å². The number of hydrogen-bond acceptors (Lipinski definition) is 4. The van der Waals surface area contributed by atoms with Gasteiger partial charge in [0.15, 0.2) is 0 Å². The van der Waals surface area contributed by atoms with Crippen molar-refractivity contribution in [3.05, 3.63) is 70.9 Å². The van der Waals surface area contributed by atoms with Crippen molar-refractivity contribution in [1.29, 1.82) is 0 Å². The summed E-state index contributed by atoms with van der Waals surface area (Å²) in [5.41, 5.74) is 2.89. The third kappa shape index (κ3) is 3.05. The molecule has 1 atom stereocenters. The number of aromatic nitrogens is 1. The van der Waals surface area contributed by atoms with E-state index in [-0.39, 0.29) is 18.5 Å². The summed E-state index contributed by atoms with van der Waals surface area (Å²) >= 11 is 6.10. The van der Waals surface area contributed by atoms with E-state index < -0.39 is 0 Å². The van der Waals surface area contributed by atoms with Crippen LogP contribution in [0.5, 0.6) is 5.75 Å². The highest BCUT2D eigenvalue weighted by molar-refractivity contribution is 6.31. The Kier molecular flexibility index (Phi) is 4.28. The Bertz CT molecular complexity index is 936. The minimum atomic E-state index is -0.224. The van der Waals surface area contributed by atoms with Crippen molar-refractivity contribution in [2.75, 3.05) is 13.2 Å². The maximum Gasteiger partial charge on any atom is 0.313 e. The first-order valence-electron chi connectivity index (χ1n) is 8.14. The summed E-state index contributed by atoms with van der Waals surface area (Å²) in [4.78, 5) is 16.5. The number of hydrogen-bond donors (Lipinski definition) is 0. The van der Waals surface area contributed by atoms with Gasteiger partial charge in [0.2, 0.25) is 0 Å². The molecule has 1 aromatic heterocycles. The van der Waals surface area contributed by atoms with Crippen LogP contribution in [0, 0.1) is 0 Å². The van der Waals surface area contributed by atoms with Crippen LogP contribution in [0.4, 0.5) is 0 Å². The van der Waals surface area contributed by atoms with E-state index in [0.717, 1.165) is 32.8 Å². The van der Waals surface area contributed by atoms with Gasteiger partial charge in [-0.3, -0.25) is 9.78 Å². The van der Waals surface area contributed by atoms with E-state index in [0.29, 0.717) is 13.0 Å². The van der Waals surface area contributed by atoms with Gasteiger partial charge in [-0.05, 0) is 41.8 Å². The zero-order valence-electron chi connectivity index (χ0n) is 13.4. The van der Waals surface area contributed by atoms with Crippen LogP contribution in [0.2, 0.25) is 5.02 Å². The Balaban J connectivity index is 1.32. The van der Waals surface area contributed by atoms with Gasteiger partial charge in [0.05, 0.1) is 11.4 Å². The van der Waals surface area contributed by atoms with Crippen LogP contribution in [0.15, 0.2) is 54.7 Å². The molecule has 0 saturated carbocycles. The van der Waals surface area contributed by atoms with Crippen molar-refractivity contribution in [2.24, 2.45) is 0 Å². The van der Waals surface area contributed by atoms with Gasteiger partial charge in [0, 0.05) is 16.6 Å². The number of benzene rings is 2. The molecule has 4 nitrogen and oxygen atoms in total. The van der Waals surface area contributed by atoms with Crippen molar-refractivity contribution < 1.29 is 14.3 Å². The molecule has 3 aromatic rings. The number of carbonyl (C=O) groups is 1. The summed E-state index contributed by atoms with van der Waals surface area (Å²) in [6, 6.07) is 15.2. The second-order valence-corrected chi connectivity index (χ2v) is 6.31. The van der Waals surface area contributed by atoms with E-state index in [1.165, 1.54) is 0 Å². The number of pyridine rings is 1. The smallest absolute Gasteiger partial charge is 0.313 e. The molecule has 1 aliphatic rings. The Hall–Kier alpha value is -2.59. The minimum Gasteiger partial charge on any atom is -0.489 e. The maximum absolute atomic E-state index is 12.2. The van der Waals surface area contributed by atoms with Crippen LogP contribution in [0.3, 0.4) is 0 Å². The molecule has 2 aromatic carbocycles. The number of carbonyl (C=O) groups excluding carboxylic acids is 1. The first-order chi connectivity index (χ1) is 12.2. The number of halogens is 1. The normalized spacial score (nSPS) is 15.3. The van der Waals surface area contributed by atoms with E-state index in [1.54, 1.807) is 6.20 Å². The lowest BCUT2D eigenvalue weighted by Gasteiger charge is -2.29. The van der Waals surface area contributed by atoms with Crippen LogP contribution in [0.25, 0.3) is 10.9 Å². The molecule has 0 spiro atoms. The van der Waals surface area contributed by atoms with Gasteiger partial charge >= 0.3 is 5.97 Å². The zero-order chi connectivity index (χ0) is 17.2. The molecule has 0 fully saturated rings. The largest absolute Gasteiger partial charge is 0.489 e. The molecule has 0 radical (unpaired) electrons. The summed E-state index contributed by atoms with van der Waals surface area (Å²) < 4.78 is 11.1. The first-order valence-corrected chi connectivity index (χ1v) is 8.52. The fraction of sp³-hybridized carbons (Fsp3) is 0.200. The van der Waals surface area contributed by atoms with Gasteiger partial charge in [-0.1, -0.05) is 35.9 Å². The van der Waals surface area contributed by atoms with Crippen molar-refractivity contribution in [2.45, 2.75) is 12.3 Å². The van der Waals surface area contributed by atoms with E-state index >= 15 is 0 Å². The van der Waals surface area contributed by atoms with Crippen LogP contribution < -0.4 is 4.74 Å². The van der Waals surface area contributed by atoms with E-state index in [4.69, 9.17) is 21.1 Å². The summed E-state index contributed by atoms with van der Waals surface area (Å²) in [6.07, 6.45) is 2.35. The Morgan fingerprint density at radius 2 is 2.00 bits per heavy atom. The molecule has 5 heteroatoms. The van der Waals surface area contributed by atoms with Crippen molar-refractivity contribution in [3.63, 3.8) is 0 Å². The predicted molar refractivity (Wildman–Crippen MR) is 96.1 cm³/mol. The molecule has 25 heavy (non-hydrogen) atoms. The van der Waals surface area contributed by atoms with Crippen molar-refractivity contribution >= 4 is 28.5 Å². The third-order valence-electron chi connectivity index (χ3n) is 4.42. The monoisotopic (exact) mass is 353 g/mol. The summed E-state index contributed by atoms with van der Waals surface area (Å²) in [6.45, 7) is 0.511. The average molecular weight is 354 g/mol. The zero-order valence-corrected chi connectivity index (χ0v) is 14.2. The number of rotatable bonds is 5. The average Bonchev–Trinajstić information content (AvgIpc) is 2.61. The van der Waals surface area contributed by atoms with Gasteiger partial charge in [0.1, 0.15) is 19.0 Å². The lowest BCUT2D eigenvalue weighted by atomic mass is 9.77. The van der Waals surface area contributed by atoms with Crippen LogP contribution in [0.1, 0.15) is 17.0 Å². The van der Waals surface area contributed by atoms with E-state index in [1.807, 2.05) is 48.5 Å². The fourth-order valence-corrected chi connectivity index (χ4v) is 3.36. The van der Waals surface area contributed by atoms with Crippen LogP contribution >= 0.6 is 11.6 Å². The lowest BCUT2D eigenvalue weighted by Crippen LogP contribution is -2.28. The molecule has 126 valence electrons. The molecule has 0 amide bonds. The highest BCUT2D eigenvalue weighted by atomic mass is 35.5. The minimum absolute atomic E-state index is 0.210. The number of ether oxygens (including phenoxy) is 2. The third-order valence-corrected chi connectivity index (χ3v) is 4.77. The topological polar surface area (TPSA) is 48.4 Å². The second-order valence-electron chi connectivity index (χ2n) is 5.91. The van der Waals surface area contributed by atoms with Gasteiger partial charge in [-0.25, -0.2) is 0 Å². The van der Waals surface area contributed by atoms with Crippen molar-refractivity contribution in [3.8, 4) is 5.75 Å².